The van der Waals surface area contributed by atoms with E-state index in [1.54, 1.807) is 13.2 Å². The molecule has 0 aliphatic rings. The molecule has 0 saturated heterocycles. The van der Waals surface area contributed by atoms with Gasteiger partial charge in [-0.05, 0) is 24.3 Å². The molecular formula is C14H14N2O3S. The van der Waals surface area contributed by atoms with E-state index in [4.69, 9.17) is 10.5 Å². The topological polar surface area (TPSA) is 74.4 Å². The van der Waals surface area contributed by atoms with E-state index in [-0.39, 0.29) is 0 Å². The summed E-state index contributed by atoms with van der Waals surface area (Å²) in [5, 5.41) is 0.660. The minimum atomic E-state index is -0.475. The number of methoxy groups -OCH3 is 2. The predicted molar refractivity (Wildman–Crippen MR) is 77.1 cm³/mol. The van der Waals surface area contributed by atoms with Crippen LogP contribution in [0.2, 0.25) is 0 Å². The molecule has 0 radical (unpaired) electrons. The maximum absolute atomic E-state index is 11.6. The van der Waals surface area contributed by atoms with Crippen LogP contribution in [0.1, 0.15) is 10.4 Å². The molecule has 0 saturated carbocycles. The average molecular weight is 290 g/mol. The number of nitrogens with zero attached hydrogens (tertiary/aromatic N) is 1. The number of hydrogen-bond acceptors (Lipinski definition) is 6. The number of carbonyl (C=O) groups is 1. The van der Waals surface area contributed by atoms with Gasteiger partial charge in [0.1, 0.15) is 10.8 Å². The third-order valence-electron chi connectivity index (χ3n) is 2.58. The summed E-state index contributed by atoms with van der Waals surface area (Å²) >= 11 is 1.41. The summed E-state index contributed by atoms with van der Waals surface area (Å²) in [6.07, 6.45) is 1.45. The molecule has 20 heavy (non-hydrogen) atoms. The van der Waals surface area contributed by atoms with Gasteiger partial charge in [-0.1, -0.05) is 17.8 Å². The van der Waals surface area contributed by atoms with E-state index in [1.807, 2.05) is 24.3 Å². The molecule has 0 amide bonds. The standard InChI is InChI=1S/C14H14N2O3S/c1-18-9-4-3-5-10(6-9)20-13-7-11(14(17)19-2)12(15)8-16-13/h3-8H,15H2,1-2H3. The lowest BCUT2D eigenvalue weighted by Crippen LogP contribution is -2.06. The monoisotopic (exact) mass is 290 g/mol. The van der Waals surface area contributed by atoms with Crippen molar-refractivity contribution >= 4 is 23.4 Å². The fourth-order valence-corrected chi connectivity index (χ4v) is 2.42. The van der Waals surface area contributed by atoms with Crippen LogP contribution in [0.25, 0.3) is 0 Å². The normalized spacial score (nSPS) is 10.1. The Hall–Kier alpha value is -2.21. The molecule has 1 aromatic carbocycles. The van der Waals surface area contributed by atoms with Crippen LogP contribution in [0.5, 0.6) is 5.75 Å². The van der Waals surface area contributed by atoms with Crippen LogP contribution in [0, 0.1) is 0 Å². The van der Waals surface area contributed by atoms with Crippen molar-refractivity contribution in [1.29, 1.82) is 0 Å². The van der Waals surface area contributed by atoms with E-state index in [1.165, 1.54) is 25.1 Å². The maximum atomic E-state index is 11.6. The van der Waals surface area contributed by atoms with Gasteiger partial charge in [-0.2, -0.15) is 0 Å². The summed E-state index contributed by atoms with van der Waals surface area (Å²) in [6.45, 7) is 0. The zero-order chi connectivity index (χ0) is 14.5. The Balaban J connectivity index is 2.27. The lowest BCUT2D eigenvalue weighted by atomic mass is 10.2. The zero-order valence-electron chi connectivity index (χ0n) is 11.1. The molecule has 6 heteroatoms. The van der Waals surface area contributed by atoms with Gasteiger partial charge in [-0.25, -0.2) is 9.78 Å². The second-order valence-electron chi connectivity index (χ2n) is 3.88. The molecule has 0 aliphatic carbocycles. The average Bonchev–Trinajstić information content (AvgIpc) is 2.48. The van der Waals surface area contributed by atoms with Crippen LogP contribution in [-0.2, 0) is 4.74 Å². The Kier molecular flexibility index (Phi) is 4.47. The molecule has 0 atom stereocenters. The number of benzene rings is 1. The first-order valence-electron chi connectivity index (χ1n) is 5.79. The van der Waals surface area contributed by atoms with Gasteiger partial charge < -0.3 is 15.2 Å². The van der Waals surface area contributed by atoms with Gasteiger partial charge in [0.05, 0.1) is 31.7 Å². The number of nitrogens with two attached hydrogens (primary N) is 1. The number of aromatic nitrogens is 1. The van der Waals surface area contributed by atoms with Crippen molar-refractivity contribution in [1.82, 2.24) is 4.98 Å². The van der Waals surface area contributed by atoms with Crippen molar-refractivity contribution in [3.8, 4) is 5.75 Å². The quantitative estimate of drug-likeness (QED) is 0.872. The Bertz CT molecular complexity index is 632. The van der Waals surface area contributed by atoms with Gasteiger partial charge in [-0.3, -0.25) is 0 Å². The van der Waals surface area contributed by atoms with E-state index >= 15 is 0 Å². The highest BCUT2D eigenvalue weighted by Gasteiger charge is 2.12. The SMILES string of the molecule is COC(=O)c1cc(Sc2cccc(OC)c2)ncc1N. The van der Waals surface area contributed by atoms with E-state index in [9.17, 15) is 4.79 Å². The Morgan fingerprint density at radius 3 is 2.80 bits per heavy atom. The highest BCUT2D eigenvalue weighted by molar-refractivity contribution is 7.99. The number of nitrogen functional groups attached to an aromatic ring is 1. The number of esters is 1. The predicted octanol–water partition coefficient (Wildman–Crippen LogP) is 2.61. The molecule has 104 valence electrons. The molecule has 2 N–H and O–H groups in total. The number of anilines is 1. The number of pyridine rings is 1. The molecule has 1 heterocycles. The van der Waals surface area contributed by atoms with E-state index in [0.717, 1.165) is 10.6 Å². The fraction of sp³-hybridized carbons (Fsp3) is 0.143. The molecular weight excluding hydrogens is 276 g/mol. The lowest BCUT2D eigenvalue weighted by molar-refractivity contribution is 0.0601. The molecule has 0 aliphatic heterocycles. The van der Waals surface area contributed by atoms with Crippen LogP contribution in [0.4, 0.5) is 5.69 Å². The fourth-order valence-electron chi connectivity index (χ4n) is 1.57. The van der Waals surface area contributed by atoms with Gasteiger partial charge in [0, 0.05) is 4.90 Å². The number of hydrogen-bond donors (Lipinski definition) is 1. The van der Waals surface area contributed by atoms with Crippen LogP contribution in [0.15, 0.2) is 46.5 Å². The van der Waals surface area contributed by atoms with Crippen molar-refractivity contribution in [2.45, 2.75) is 9.92 Å². The first kappa shape index (κ1) is 14.2. The van der Waals surface area contributed by atoms with Crippen LogP contribution in [-0.4, -0.2) is 25.2 Å². The minimum absolute atomic E-state index is 0.298. The molecule has 1 aromatic heterocycles. The molecule has 2 rings (SSSR count). The molecule has 5 nitrogen and oxygen atoms in total. The smallest absolute Gasteiger partial charge is 0.340 e. The van der Waals surface area contributed by atoms with Crippen LogP contribution in [0.3, 0.4) is 0 Å². The minimum Gasteiger partial charge on any atom is -0.497 e. The third kappa shape index (κ3) is 3.21. The number of rotatable bonds is 4. The summed E-state index contributed by atoms with van der Waals surface area (Å²) in [7, 11) is 2.93. The second-order valence-corrected chi connectivity index (χ2v) is 4.98. The highest BCUT2D eigenvalue weighted by Crippen LogP contribution is 2.30. The summed E-state index contributed by atoms with van der Waals surface area (Å²) in [5.41, 5.74) is 6.32. The number of carbonyl (C=O) groups excluding carboxylic acids is 1. The Morgan fingerprint density at radius 2 is 2.10 bits per heavy atom. The Morgan fingerprint density at radius 1 is 1.30 bits per heavy atom. The lowest BCUT2D eigenvalue weighted by Gasteiger charge is -2.07. The molecule has 0 spiro atoms. The molecule has 0 unspecified atom stereocenters. The van der Waals surface area contributed by atoms with E-state index in [2.05, 4.69) is 9.72 Å². The first-order chi connectivity index (χ1) is 9.63. The van der Waals surface area contributed by atoms with Crippen molar-refractivity contribution in [2.24, 2.45) is 0 Å². The van der Waals surface area contributed by atoms with Crippen molar-refractivity contribution < 1.29 is 14.3 Å². The molecule has 2 aromatic rings. The molecule has 0 fully saturated rings. The second kappa shape index (κ2) is 6.29. The van der Waals surface area contributed by atoms with E-state index < -0.39 is 5.97 Å². The van der Waals surface area contributed by atoms with Crippen LogP contribution < -0.4 is 10.5 Å². The maximum Gasteiger partial charge on any atom is 0.340 e. The largest absolute Gasteiger partial charge is 0.497 e. The van der Waals surface area contributed by atoms with Crippen LogP contribution >= 0.6 is 11.8 Å². The number of ether oxygens (including phenoxy) is 2. The molecule has 0 bridgehead atoms. The van der Waals surface area contributed by atoms with Gasteiger partial charge >= 0.3 is 5.97 Å². The summed E-state index contributed by atoms with van der Waals surface area (Å²) in [5.74, 6) is 0.288. The van der Waals surface area contributed by atoms with E-state index in [0.29, 0.717) is 16.3 Å². The summed E-state index contributed by atoms with van der Waals surface area (Å²) in [6, 6.07) is 9.19. The first-order valence-corrected chi connectivity index (χ1v) is 6.61. The van der Waals surface area contributed by atoms with Crippen molar-refractivity contribution in [3.05, 3.63) is 42.1 Å². The zero-order valence-corrected chi connectivity index (χ0v) is 11.9. The Labute approximate surface area is 121 Å². The summed E-state index contributed by atoms with van der Waals surface area (Å²) in [4.78, 5) is 16.7. The van der Waals surface area contributed by atoms with Gasteiger partial charge in [0.25, 0.3) is 0 Å². The van der Waals surface area contributed by atoms with Crippen molar-refractivity contribution in [3.63, 3.8) is 0 Å². The van der Waals surface area contributed by atoms with Crippen molar-refractivity contribution in [2.75, 3.05) is 20.0 Å². The van der Waals surface area contributed by atoms with Gasteiger partial charge in [0.15, 0.2) is 0 Å². The van der Waals surface area contributed by atoms with Gasteiger partial charge in [0.2, 0.25) is 0 Å². The summed E-state index contributed by atoms with van der Waals surface area (Å²) < 4.78 is 9.85. The van der Waals surface area contributed by atoms with Gasteiger partial charge in [-0.15, -0.1) is 0 Å². The third-order valence-corrected chi connectivity index (χ3v) is 3.50. The highest BCUT2D eigenvalue weighted by atomic mass is 32.2.